The summed E-state index contributed by atoms with van der Waals surface area (Å²) in [6.45, 7) is 17.6. The number of benzene rings is 1. The summed E-state index contributed by atoms with van der Waals surface area (Å²) in [6, 6.07) is 7.26. The van der Waals surface area contributed by atoms with Gasteiger partial charge in [-0.05, 0) is 49.9 Å². The Labute approximate surface area is 190 Å². The summed E-state index contributed by atoms with van der Waals surface area (Å²) < 4.78 is 7.00. The number of anilines is 2. The normalized spacial score (nSPS) is 12.8. The molecule has 0 unspecified atom stereocenters. The molecule has 2 heterocycles. The molecule has 0 aliphatic heterocycles. The van der Waals surface area contributed by atoms with Crippen LogP contribution in [0.3, 0.4) is 0 Å². The highest BCUT2D eigenvalue weighted by atomic mass is 16.5. The topological polar surface area (TPSA) is 83.4 Å². The Morgan fingerprint density at radius 3 is 2.22 bits per heavy atom. The van der Waals surface area contributed by atoms with E-state index >= 15 is 0 Å². The second kappa shape index (κ2) is 8.19. The van der Waals surface area contributed by atoms with E-state index in [0.717, 1.165) is 23.7 Å². The Balaban J connectivity index is 1.98. The second-order valence-electron chi connectivity index (χ2n) is 11.3. The molecule has 1 aromatic carbocycles. The Bertz CT molecular complexity index is 1090. The number of carbonyl (C=O) groups is 1. The number of aromatic nitrogens is 3. The standard InChI is InChI=1S/C25H37N5O2/c1-23(2,3)15-25(7,8)29-21-19(24(4,5)6)28-20-18(14-26-30(20)21)22(31)27-16-10-12-17(32-9)13-11-16/h10-14,28-29H,15H2,1-9H3,(H,27,31). The predicted molar refractivity (Wildman–Crippen MR) is 131 cm³/mol. The molecule has 0 aliphatic rings. The minimum Gasteiger partial charge on any atom is -0.497 e. The molecular weight excluding hydrogens is 402 g/mol. The summed E-state index contributed by atoms with van der Waals surface area (Å²) >= 11 is 0. The van der Waals surface area contributed by atoms with Crippen LogP contribution >= 0.6 is 0 Å². The van der Waals surface area contributed by atoms with Crippen LogP contribution in [0.25, 0.3) is 5.65 Å². The number of H-pyrrole nitrogens is 1. The zero-order valence-electron chi connectivity index (χ0n) is 20.8. The Morgan fingerprint density at radius 2 is 1.69 bits per heavy atom. The number of aromatic amines is 1. The van der Waals surface area contributed by atoms with Crippen molar-refractivity contribution in [1.29, 1.82) is 0 Å². The van der Waals surface area contributed by atoms with Crippen LogP contribution in [0.1, 0.15) is 77.9 Å². The van der Waals surface area contributed by atoms with E-state index in [4.69, 9.17) is 4.74 Å². The van der Waals surface area contributed by atoms with Crippen LogP contribution in [0.15, 0.2) is 30.5 Å². The monoisotopic (exact) mass is 439 g/mol. The van der Waals surface area contributed by atoms with Gasteiger partial charge in [0, 0.05) is 16.6 Å². The average Bonchev–Trinajstić information content (AvgIpc) is 3.20. The maximum Gasteiger partial charge on any atom is 0.261 e. The van der Waals surface area contributed by atoms with Crippen molar-refractivity contribution in [1.82, 2.24) is 14.6 Å². The van der Waals surface area contributed by atoms with E-state index in [9.17, 15) is 4.79 Å². The molecule has 1 amide bonds. The predicted octanol–water partition coefficient (Wildman–Crippen LogP) is 5.85. The van der Waals surface area contributed by atoms with Crippen molar-refractivity contribution in [3.8, 4) is 5.75 Å². The molecule has 0 spiro atoms. The van der Waals surface area contributed by atoms with Gasteiger partial charge in [-0.1, -0.05) is 41.5 Å². The van der Waals surface area contributed by atoms with Crippen molar-refractivity contribution < 1.29 is 9.53 Å². The highest BCUT2D eigenvalue weighted by Crippen LogP contribution is 2.35. The molecule has 0 saturated heterocycles. The van der Waals surface area contributed by atoms with Gasteiger partial charge >= 0.3 is 0 Å². The first-order valence-corrected chi connectivity index (χ1v) is 11.0. The van der Waals surface area contributed by atoms with E-state index in [0.29, 0.717) is 16.9 Å². The lowest BCUT2D eigenvalue weighted by molar-refractivity contribution is 0.102. The van der Waals surface area contributed by atoms with Gasteiger partial charge in [0.05, 0.1) is 19.0 Å². The van der Waals surface area contributed by atoms with E-state index in [1.54, 1.807) is 13.3 Å². The molecule has 0 saturated carbocycles. The molecule has 32 heavy (non-hydrogen) atoms. The number of fused-ring (bicyclic) bond motifs is 1. The van der Waals surface area contributed by atoms with Crippen molar-refractivity contribution in [2.45, 2.75) is 72.8 Å². The van der Waals surface area contributed by atoms with Crippen molar-refractivity contribution in [2.75, 3.05) is 17.7 Å². The Hall–Kier alpha value is -2.96. The number of amides is 1. The van der Waals surface area contributed by atoms with Crippen LogP contribution in [0.2, 0.25) is 0 Å². The quantitative estimate of drug-likeness (QED) is 0.450. The van der Waals surface area contributed by atoms with E-state index in [1.165, 1.54) is 0 Å². The number of hydrogen-bond donors (Lipinski definition) is 3. The molecule has 0 radical (unpaired) electrons. The van der Waals surface area contributed by atoms with E-state index in [2.05, 4.69) is 76.1 Å². The maximum absolute atomic E-state index is 13.1. The van der Waals surface area contributed by atoms with Gasteiger partial charge in [-0.25, -0.2) is 0 Å². The highest BCUT2D eigenvalue weighted by Gasteiger charge is 2.32. The van der Waals surface area contributed by atoms with Gasteiger partial charge in [-0.15, -0.1) is 0 Å². The summed E-state index contributed by atoms with van der Waals surface area (Å²) in [4.78, 5) is 16.5. The number of rotatable bonds is 6. The Morgan fingerprint density at radius 1 is 1.06 bits per heavy atom. The molecule has 174 valence electrons. The molecule has 0 atom stereocenters. The fraction of sp³-hybridized carbons (Fsp3) is 0.520. The fourth-order valence-corrected chi connectivity index (χ4v) is 4.31. The summed E-state index contributed by atoms with van der Waals surface area (Å²) in [5, 5.41) is 11.2. The van der Waals surface area contributed by atoms with Crippen molar-refractivity contribution in [3.63, 3.8) is 0 Å². The third-order valence-corrected chi connectivity index (χ3v) is 5.23. The zero-order chi connectivity index (χ0) is 23.9. The molecule has 7 heteroatoms. The number of carbonyl (C=O) groups excluding carboxylic acids is 1. The first-order valence-electron chi connectivity index (χ1n) is 11.0. The average molecular weight is 440 g/mol. The largest absolute Gasteiger partial charge is 0.497 e. The van der Waals surface area contributed by atoms with Gasteiger partial charge in [0.1, 0.15) is 22.8 Å². The van der Waals surface area contributed by atoms with Crippen molar-refractivity contribution >= 4 is 23.1 Å². The van der Waals surface area contributed by atoms with E-state index in [-0.39, 0.29) is 22.3 Å². The molecule has 2 aromatic heterocycles. The zero-order valence-corrected chi connectivity index (χ0v) is 20.8. The third kappa shape index (κ3) is 5.26. The summed E-state index contributed by atoms with van der Waals surface area (Å²) in [5.74, 6) is 1.42. The van der Waals surface area contributed by atoms with Gasteiger partial charge in [0.15, 0.2) is 0 Å². The first-order chi connectivity index (χ1) is 14.7. The summed E-state index contributed by atoms with van der Waals surface area (Å²) in [7, 11) is 1.61. The first kappa shape index (κ1) is 23.7. The van der Waals surface area contributed by atoms with Crippen LogP contribution < -0.4 is 15.4 Å². The minimum absolute atomic E-state index is 0.162. The molecule has 3 N–H and O–H groups in total. The van der Waals surface area contributed by atoms with Crippen LogP contribution in [0.5, 0.6) is 5.75 Å². The number of hydrogen-bond acceptors (Lipinski definition) is 4. The fourth-order valence-electron chi connectivity index (χ4n) is 4.31. The SMILES string of the molecule is COc1ccc(NC(=O)c2cnn3c(NC(C)(C)CC(C)(C)C)c(C(C)(C)C)[nH]c23)cc1. The van der Waals surface area contributed by atoms with Crippen LogP contribution in [-0.2, 0) is 5.41 Å². The molecule has 7 nitrogen and oxygen atoms in total. The number of imidazole rings is 1. The second-order valence-corrected chi connectivity index (χ2v) is 11.3. The molecular formula is C25H37N5O2. The number of nitrogens with one attached hydrogen (secondary N) is 3. The lowest BCUT2D eigenvalue weighted by Gasteiger charge is -2.34. The Kier molecular flexibility index (Phi) is 6.06. The smallest absolute Gasteiger partial charge is 0.261 e. The number of ether oxygens (including phenoxy) is 1. The van der Waals surface area contributed by atoms with E-state index < -0.39 is 0 Å². The molecule has 0 bridgehead atoms. The number of nitrogens with zero attached hydrogens (tertiary/aromatic N) is 2. The van der Waals surface area contributed by atoms with Gasteiger partial charge in [0.2, 0.25) is 0 Å². The molecule has 3 aromatic rings. The van der Waals surface area contributed by atoms with Crippen LogP contribution in [0, 0.1) is 5.41 Å². The molecule has 3 rings (SSSR count). The van der Waals surface area contributed by atoms with Gasteiger partial charge in [0.25, 0.3) is 5.91 Å². The summed E-state index contributed by atoms with van der Waals surface area (Å²) in [6.07, 6.45) is 2.58. The lowest BCUT2D eigenvalue weighted by Crippen LogP contribution is -2.36. The van der Waals surface area contributed by atoms with Gasteiger partial charge < -0.3 is 20.4 Å². The van der Waals surface area contributed by atoms with Crippen LogP contribution in [-0.4, -0.2) is 33.2 Å². The molecule has 0 aliphatic carbocycles. The molecule has 0 fully saturated rings. The van der Waals surface area contributed by atoms with Crippen molar-refractivity contribution in [2.24, 2.45) is 5.41 Å². The highest BCUT2D eigenvalue weighted by molar-refractivity contribution is 6.08. The third-order valence-electron chi connectivity index (χ3n) is 5.23. The lowest BCUT2D eigenvalue weighted by atomic mass is 9.81. The van der Waals surface area contributed by atoms with Crippen LogP contribution in [0.4, 0.5) is 11.5 Å². The van der Waals surface area contributed by atoms with E-state index in [1.807, 2.05) is 28.8 Å². The van der Waals surface area contributed by atoms with Gasteiger partial charge in [-0.3, -0.25) is 4.79 Å². The minimum atomic E-state index is -0.215. The van der Waals surface area contributed by atoms with Gasteiger partial charge in [-0.2, -0.15) is 9.61 Å². The maximum atomic E-state index is 13.1. The summed E-state index contributed by atoms with van der Waals surface area (Å²) in [5.41, 5.74) is 2.73. The number of methoxy groups -OCH3 is 1. The van der Waals surface area contributed by atoms with Crippen molar-refractivity contribution in [3.05, 3.63) is 41.7 Å².